The molecule has 2 amide bonds. The van der Waals surface area contributed by atoms with Gasteiger partial charge >= 0.3 is 0 Å². The van der Waals surface area contributed by atoms with E-state index in [4.69, 9.17) is 13.9 Å². The molecule has 4 aromatic rings. The van der Waals surface area contributed by atoms with Gasteiger partial charge in [-0.3, -0.25) is 14.5 Å². The van der Waals surface area contributed by atoms with Crippen LogP contribution in [-0.4, -0.2) is 36.1 Å². The van der Waals surface area contributed by atoms with E-state index in [2.05, 4.69) is 5.32 Å². The van der Waals surface area contributed by atoms with E-state index in [1.807, 2.05) is 47.0 Å². The van der Waals surface area contributed by atoms with Gasteiger partial charge in [-0.25, -0.2) is 0 Å². The van der Waals surface area contributed by atoms with Gasteiger partial charge in [-0.15, -0.1) is 0 Å². The molecule has 2 aromatic heterocycles. The number of nitrogens with one attached hydrogen (secondary N) is 1. The number of ether oxygens (including phenoxy) is 2. The molecule has 0 unspecified atom stereocenters. The lowest BCUT2D eigenvalue weighted by atomic mass is 9.93. The highest BCUT2D eigenvalue weighted by Crippen LogP contribution is 2.39. The number of anilines is 1. The SMILES string of the molecule is COc1ccc(N2C(=O)c3ccc(-c4ccco4)n3C[C@]2(C)C(=O)NCc2ccccc2)cc1OC. The van der Waals surface area contributed by atoms with Gasteiger partial charge in [0.25, 0.3) is 5.91 Å². The summed E-state index contributed by atoms with van der Waals surface area (Å²) in [4.78, 5) is 29.3. The van der Waals surface area contributed by atoms with E-state index in [0.717, 1.165) is 11.3 Å². The molecule has 184 valence electrons. The normalized spacial score (nSPS) is 17.0. The zero-order valence-corrected chi connectivity index (χ0v) is 20.4. The summed E-state index contributed by atoms with van der Waals surface area (Å²) in [7, 11) is 3.08. The highest BCUT2D eigenvalue weighted by Gasteiger charge is 2.49. The molecule has 0 bridgehead atoms. The summed E-state index contributed by atoms with van der Waals surface area (Å²) in [6, 6.07) is 22.1. The second kappa shape index (κ2) is 9.30. The van der Waals surface area contributed by atoms with Crippen molar-refractivity contribution in [2.45, 2.75) is 25.6 Å². The van der Waals surface area contributed by atoms with Crippen LogP contribution in [0.25, 0.3) is 11.5 Å². The molecule has 1 aliphatic heterocycles. The number of aromatic nitrogens is 1. The molecule has 3 heterocycles. The van der Waals surface area contributed by atoms with Gasteiger partial charge in [0.05, 0.1) is 32.7 Å². The zero-order valence-electron chi connectivity index (χ0n) is 20.4. The third-order valence-corrected chi connectivity index (χ3v) is 6.55. The van der Waals surface area contributed by atoms with Crippen LogP contribution in [0.4, 0.5) is 5.69 Å². The first-order valence-electron chi connectivity index (χ1n) is 11.6. The number of benzene rings is 2. The lowest BCUT2D eigenvalue weighted by Crippen LogP contribution is -2.64. The van der Waals surface area contributed by atoms with E-state index < -0.39 is 5.54 Å². The number of hydrogen-bond donors (Lipinski definition) is 1. The number of rotatable bonds is 7. The lowest BCUT2D eigenvalue weighted by molar-refractivity contribution is -0.126. The number of furan rings is 1. The average molecular weight is 486 g/mol. The standard InChI is InChI=1S/C28H27N3O5/c1-28(27(33)29-17-19-8-5-4-6-9-19)18-30-21(23-10-7-15-36-23)12-13-22(30)26(32)31(28)20-11-14-24(34-2)25(16-20)35-3/h4-16H,17-18H2,1-3H3,(H,29,33)/t28-/m1/s1. The molecule has 36 heavy (non-hydrogen) atoms. The molecule has 1 atom stereocenters. The van der Waals surface area contributed by atoms with Crippen molar-refractivity contribution in [1.29, 1.82) is 0 Å². The minimum Gasteiger partial charge on any atom is -0.493 e. The Kier molecular flexibility index (Phi) is 6.01. The fraction of sp³-hybridized carbons (Fsp3) is 0.214. The highest BCUT2D eigenvalue weighted by molar-refractivity contribution is 6.12. The molecule has 0 saturated heterocycles. The Morgan fingerprint density at radius 1 is 0.972 bits per heavy atom. The molecule has 0 spiro atoms. The van der Waals surface area contributed by atoms with Crippen LogP contribution in [0.2, 0.25) is 0 Å². The van der Waals surface area contributed by atoms with Crippen LogP contribution >= 0.6 is 0 Å². The summed E-state index contributed by atoms with van der Waals surface area (Å²) in [6.07, 6.45) is 1.58. The molecule has 0 saturated carbocycles. The van der Waals surface area contributed by atoms with Crippen LogP contribution < -0.4 is 19.7 Å². The van der Waals surface area contributed by atoms with E-state index in [9.17, 15) is 9.59 Å². The van der Waals surface area contributed by atoms with Crippen LogP contribution in [0.1, 0.15) is 23.0 Å². The first-order chi connectivity index (χ1) is 17.5. The molecular formula is C28H27N3O5. The van der Waals surface area contributed by atoms with Crippen LogP contribution in [0.5, 0.6) is 11.5 Å². The molecule has 1 N–H and O–H groups in total. The smallest absolute Gasteiger partial charge is 0.275 e. The number of nitrogens with zero attached hydrogens (tertiary/aromatic N) is 2. The summed E-state index contributed by atoms with van der Waals surface area (Å²) in [6.45, 7) is 2.34. The Bertz CT molecular complexity index is 1390. The monoisotopic (exact) mass is 485 g/mol. The second-order valence-electron chi connectivity index (χ2n) is 8.79. The van der Waals surface area contributed by atoms with Crippen molar-refractivity contribution in [3.05, 3.63) is 90.3 Å². The summed E-state index contributed by atoms with van der Waals surface area (Å²) in [5.74, 6) is 1.04. The highest BCUT2D eigenvalue weighted by atomic mass is 16.5. The van der Waals surface area contributed by atoms with Gasteiger partial charge in [0.1, 0.15) is 17.0 Å². The van der Waals surface area contributed by atoms with Gasteiger partial charge in [0.15, 0.2) is 11.5 Å². The number of carbonyl (C=O) groups excluding carboxylic acids is 2. The Balaban J connectivity index is 1.59. The summed E-state index contributed by atoms with van der Waals surface area (Å²) < 4.78 is 18.3. The molecule has 8 nitrogen and oxygen atoms in total. The molecule has 1 aliphatic rings. The summed E-state index contributed by atoms with van der Waals surface area (Å²) in [5, 5.41) is 3.03. The van der Waals surface area contributed by atoms with Gasteiger partial charge in [-0.1, -0.05) is 30.3 Å². The minimum atomic E-state index is -1.25. The summed E-state index contributed by atoms with van der Waals surface area (Å²) in [5.41, 5.74) is 1.44. The third-order valence-electron chi connectivity index (χ3n) is 6.55. The van der Waals surface area contributed by atoms with Crippen LogP contribution in [0, 0.1) is 0 Å². The molecule has 5 rings (SSSR count). The molecule has 8 heteroatoms. The van der Waals surface area contributed by atoms with Crippen LogP contribution in [0.15, 0.2) is 83.5 Å². The predicted octanol–water partition coefficient (Wildman–Crippen LogP) is 4.50. The molecule has 0 fully saturated rings. The van der Waals surface area contributed by atoms with Gasteiger partial charge in [0.2, 0.25) is 5.91 Å². The molecule has 0 radical (unpaired) electrons. The average Bonchev–Trinajstić information content (AvgIpc) is 3.58. The van der Waals surface area contributed by atoms with E-state index in [-0.39, 0.29) is 18.4 Å². The van der Waals surface area contributed by atoms with E-state index >= 15 is 0 Å². The quantitative estimate of drug-likeness (QED) is 0.417. The number of amides is 2. The van der Waals surface area contributed by atoms with Crippen molar-refractivity contribution in [3.63, 3.8) is 0 Å². The maximum absolute atomic E-state index is 14.0. The number of fused-ring (bicyclic) bond motifs is 1. The number of hydrogen-bond acceptors (Lipinski definition) is 5. The first kappa shape index (κ1) is 23.3. The van der Waals surface area contributed by atoms with E-state index in [1.54, 1.807) is 50.6 Å². The maximum atomic E-state index is 14.0. The van der Waals surface area contributed by atoms with Crippen LogP contribution in [0.3, 0.4) is 0 Å². The van der Waals surface area contributed by atoms with Crippen LogP contribution in [-0.2, 0) is 17.9 Å². The van der Waals surface area contributed by atoms with Gasteiger partial charge in [-0.2, -0.15) is 0 Å². The first-order valence-corrected chi connectivity index (χ1v) is 11.6. The Morgan fingerprint density at radius 3 is 2.42 bits per heavy atom. The van der Waals surface area contributed by atoms with Crippen molar-refractivity contribution in [1.82, 2.24) is 9.88 Å². The largest absolute Gasteiger partial charge is 0.493 e. The number of methoxy groups -OCH3 is 2. The molecular weight excluding hydrogens is 458 g/mol. The van der Waals surface area contributed by atoms with Gasteiger partial charge in [-0.05, 0) is 48.9 Å². The van der Waals surface area contributed by atoms with Crippen molar-refractivity contribution in [2.75, 3.05) is 19.1 Å². The fourth-order valence-electron chi connectivity index (χ4n) is 4.69. The topological polar surface area (TPSA) is 85.9 Å². The summed E-state index contributed by atoms with van der Waals surface area (Å²) >= 11 is 0. The third kappa shape index (κ3) is 3.90. The number of carbonyl (C=O) groups is 2. The van der Waals surface area contributed by atoms with Crippen molar-refractivity contribution in [2.24, 2.45) is 0 Å². The Hall–Kier alpha value is -4.46. The van der Waals surface area contributed by atoms with Crippen molar-refractivity contribution >= 4 is 17.5 Å². The zero-order chi connectivity index (χ0) is 25.3. The minimum absolute atomic E-state index is 0.228. The van der Waals surface area contributed by atoms with E-state index in [1.165, 1.54) is 12.0 Å². The lowest BCUT2D eigenvalue weighted by Gasteiger charge is -2.44. The fourth-order valence-corrected chi connectivity index (χ4v) is 4.69. The second-order valence-corrected chi connectivity index (χ2v) is 8.79. The van der Waals surface area contributed by atoms with Gasteiger partial charge in [0, 0.05) is 18.3 Å². The van der Waals surface area contributed by atoms with Gasteiger partial charge < -0.3 is 23.8 Å². The van der Waals surface area contributed by atoms with E-state index in [0.29, 0.717) is 35.2 Å². The van der Waals surface area contributed by atoms with Crippen molar-refractivity contribution in [3.8, 4) is 23.0 Å². The molecule has 0 aliphatic carbocycles. The van der Waals surface area contributed by atoms with Crippen molar-refractivity contribution < 1.29 is 23.5 Å². The Morgan fingerprint density at radius 2 is 1.72 bits per heavy atom. The maximum Gasteiger partial charge on any atom is 0.275 e. The predicted molar refractivity (Wildman–Crippen MR) is 135 cm³/mol. The Labute approximate surface area is 209 Å². The molecule has 2 aromatic carbocycles.